The predicted octanol–water partition coefficient (Wildman–Crippen LogP) is 4.70. The SMILES string of the molecule is CCOC(=O)SCc1nc2sc3c(c2c(=O)n1-c1ccc(OC)cc1)CC(C)(C)OC3. The summed E-state index contributed by atoms with van der Waals surface area (Å²) in [5.41, 5.74) is 1.22. The Labute approximate surface area is 188 Å². The van der Waals surface area contributed by atoms with Crippen LogP contribution < -0.4 is 10.3 Å². The van der Waals surface area contributed by atoms with Crippen molar-refractivity contribution in [3.8, 4) is 11.4 Å². The van der Waals surface area contributed by atoms with Crippen LogP contribution in [0.2, 0.25) is 0 Å². The first-order valence-electron chi connectivity index (χ1n) is 9.97. The van der Waals surface area contributed by atoms with Crippen molar-refractivity contribution < 1.29 is 19.0 Å². The van der Waals surface area contributed by atoms with Crippen LogP contribution in [0.5, 0.6) is 5.75 Å². The van der Waals surface area contributed by atoms with Crippen molar-refractivity contribution in [2.24, 2.45) is 0 Å². The second kappa shape index (κ2) is 8.64. The van der Waals surface area contributed by atoms with Gasteiger partial charge in [0, 0.05) is 11.3 Å². The van der Waals surface area contributed by atoms with E-state index in [2.05, 4.69) is 0 Å². The number of methoxy groups -OCH3 is 1. The van der Waals surface area contributed by atoms with E-state index in [9.17, 15) is 9.59 Å². The minimum Gasteiger partial charge on any atom is -0.497 e. The van der Waals surface area contributed by atoms with E-state index in [-0.39, 0.29) is 16.9 Å². The summed E-state index contributed by atoms with van der Waals surface area (Å²) in [7, 11) is 1.59. The van der Waals surface area contributed by atoms with Crippen molar-refractivity contribution in [3.63, 3.8) is 0 Å². The molecule has 1 aromatic carbocycles. The van der Waals surface area contributed by atoms with Crippen LogP contribution in [0.1, 0.15) is 37.0 Å². The number of fused-ring (bicyclic) bond motifs is 3. The van der Waals surface area contributed by atoms with Gasteiger partial charge in [0.1, 0.15) is 16.4 Å². The Bertz CT molecular complexity index is 1180. The lowest BCUT2D eigenvalue weighted by molar-refractivity contribution is -0.0379. The predicted molar refractivity (Wildman–Crippen MR) is 123 cm³/mol. The highest BCUT2D eigenvalue weighted by Gasteiger charge is 2.31. The third-order valence-corrected chi connectivity index (χ3v) is 6.94. The Morgan fingerprint density at radius 2 is 2.06 bits per heavy atom. The maximum Gasteiger partial charge on any atom is 0.367 e. The molecule has 0 radical (unpaired) electrons. The number of thiophene rings is 1. The molecular weight excluding hydrogens is 436 g/mol. The van der Waals surface area contributed by atoms with Gasteiger partial charge in [0.2, 0.25) is 0 Å². The summed E-state index contributed by atoms with van der Waals surface area (Å²) in [5, 5.41) is 0.246. The van der Waals surface area contributed by atoms with Gasteiger partial charge in [-0.1, -0.05) is 0 Å². The van der Waals surface area contributed by atoms with Gasteiger partial charge >= 0.3 is 5.30 Å². The summed E-state index contributed by atoms with van der Waals surface area (Å²) in [6, 6.07) is 7.23. The fourth-order valence-corrected chi connectivity index (χ4v) is 5.37. The maximum absolute atomic E-state index is 13.8. The molecule has 0 N–H and O–H groups in total. The second-order valence-corrected chi connectivity index (χ2v) is 9.74. The molecule has 0 spiro atoms. The van der Waals surface area contributed by atoms with Gasteiger partial charge in [-0.3, -0.25) is 9.36 Å². The molecule has 0 saturated heterocycles. The number of thioether (sulfide) groups is 1. The number of hydrogen-bond donors (Lipinski definition) is 0. The highest BCUT2D eigenvalue weighted by Crippen LogP contribution is 2.37. The van der Waals surface area contributed by atoms with Gasteiger partial charge < -0.3 is 14.2 Å². The number of carbonyl (C=O) groups is 1. The van der Waals surface area contributed by atoms with Crippen molar-refractivity contribution in [2.75, 3.05) is 13.7 Å². The van der Waals surface area contributed by atoms with Crippen LogP contribution >= 0.6 is 23.1 Å². The molecule has 0 amide bonds. The Morgan fingerprint density at radius 1 is 1.32 bits per heavy atom. The molecule has 0 fully saturated rings. The van der Waals surface area contributed by atoms with E-state index >= 15 is 0 Å². The van der Waals surface area contributed by atoms with Gasteiger partial charge in [-0.25, -0.2) is 9.78 Å². The molecule has 3 aromatic rings. The molecule has 0 bridgehead atoms. The lowest BCUT2D eigenvalue weighted by Crippen LogP contribution is -2.32. The summed E-state index contributed by atoms with van der Waals surface area (Å²) in [4.78, 5) is 32.2. The van der Waals surface area contributed by atoms with Crippen molar-refractivity contribution in [1.82, 2.24) is 9.55 Å². The van der Waals surface area contributed by atoms with Crippen LogP contribution in [0.25, 0.3) is 15.9 Å². The van der Waals surface area contributed by atoms with Gasteiger partial charge in [0.05, 0.1) is 42.8 Å². The first-order chi connectivity index (χ1) is 14.8. The average Bonchev–Trinajstić information content (AvgIpc) is 3.09. The molecule has 0 saturated carbocycles. The number of ether oxygens (including phenoxy) is 3. The van der Waals surface area contributed by atoms with Crippen LogP contribution in [0.15, 0.2) is 29.1 Å². The zero-order chi connectivity index (χ0) is 22.2. The van der Waals surface area contributed by atoms with E-state index in [0.717, 1.165) is 22.2 Å². The number of hydrogen-bond acceptors (Lipinski definition) is 8. The topological polar surface area (TPSA) is 79.7 Å². The summed E-state index contributed by atoms with van der Waals surface area (Å²) in [6.45, 7) is 6.59. The van der Waals surface area contributed by atoms with E-state index in [0.29, 0.717) is 47.1 Å². The molecule has 9 heteroatoms. The normalized spacial score (nSPS) is 15.0. The van der Waals surface area contributed by atoms with Gasteiger partial charge in [-0.2, -0.15) is 0 Å². The summed E-state index contributed by atoms with van der Waals surface area (Å²) >= 11 is 2.48. The monoisotopic (exact) mass is 460 g/mol. The summed E-state index contributed by atoms with van der Waals surface area (Å²) < 4.78 is 17.8. The molecule has 0 unspecified atom stereocenters. The number of aromatic nitrogens is 2. The standard InChI is InChI=1S/C22H24N2O5S2/c1-5-28-21(26)30-12-17-23-19-18(15-10-22(2,3)29-11-16(15)31-19)20(25)24(17)13-6-8-14(27-4)9-7-13/h6-9H,5,10-12H2,1-4H3. The highest BCUT2D eigenvalue weighted by atomic mass is 32.2. The largest absolute Gasteiger partial charge is 0.497 e. The molecule has 0 atom stereocenters. The lowest BCUT2D eigenvalue weighted by atomic mass is 9.94. The number of nitrogens with zero attached hydrogens (tertiary/aromatic N) is 2. The van der Waals surface area contributed by atoms with E-state index in [1.807, 2.05) is 26.0 Å². The molecule has 2 aromatic heterocycles. The zero-order valence-electron chi connectivity index (χ0n) is 17.9. The van der Waals surface area contributed by atoms with Crippen LogP contribution in [0.4, 0.5) is 4.79 Å². The molecule has 31 heavy (non-hydrogen) atoms. The van der Waals surface area contributed by atoms with E-state index in [1.54, 1.807) is 30.7 Å². The van der Waals surface area contributed by atoms with Gasteiger partial charge in [-0.05, 0) is 62.4 Å². The van der Waals surface area contributed by atoms with Crippen LogP contribution in [-0.2, 0) is 28.3 Å². The maximum atomic E-state index is 13.8. The fraction of sp³-hybridized carbons (Fsp3) is 0.409. The van der Waals surface area contributed by atoms with Crippen LogP contribution in [0.3, 0.4) is 0 Å². The van der Waals surface area contributed by atoms with Gasteiger partial charge in [-0.15, -0.1) is 11.3 Å². The summed E-state index contributed by atoms with van der Waals surface area (Å²) in [6.07, 6.45) is 0.652. The smallest absolute Gasteiger partial charge is 0.367 e. The number of benzene rings is 1. The lowest BCUT2D eigenvalue weighted by Gasteiger charge is -2.29. The Morgan fingerprint density at radius 3 is 2.74 bits per heavy atom. The Hall–Kier alpha value is -2.36. The van der Waals surface area contributed by atoms with E-state index in [4.69, 9.17) is 19.2 Å². The van der Waals surface area contributed by atoms with Gasteiger partial charge in [0.15, 0.2) is 0 Å². The second-order valence-electron chi connectivity index (χ2n) is 7.75. The quantitative estimate of drug-likeness (QED) is 0.511. The van der Waals surface area contributed by atoms with Crippen LogP contribution in [0, 0.1) is 0 Å². The molecule has 164 valence electrons. The molecule has 3 heterocycles. The van der Waals surface area contributed by atoms with Crippen molar-refractivity contribution >= 4 is 38.6 Å². The minimum atomic E-state index is -0.390. The Kier molecular flexibility index (Phi) is 6.09. The van der Waals surface area contributed by atoms with Crippen LogP contribution in [-0.4, -0.2) is 34.2 Å². The molecule has 1 aliphatic heterocycles. The minimum absolute atomic E-state index is 0.134. The average molecular weight is 461 g/mol. The van der Waals surface area contributed by atoms with Gasteiger partial charge in [0.25, 0.3) is 5.56 Å². The van der Waals surface area contributed by atoms with Crippen molar-refractivity contribution in [3.05, 3.63) is 50.9 Å². The fourth-order valence-electron chi connectivity index (χ4n) is 3.61. The van der Waals surface area contributed by atoms with E-state index in [1.165, 1.54) is 11.3 Å². The summed E-state index contributed by atoms with van der Waals surface area (Å²) in [5.74, 6) is 1.42. The Balaban J connectivity index is 1.88. The van der Waals surface area contributed by atoms with Crippen molar-refractivity contribution in [1.29, 1.82) is 0 Å². The molecule has 4 rings (SSSR count). The van der Waals surface area contributed by atoms with Crippen molar-refractivity contribution in [2.45, 2.75) is 45.2 Å². The third-order valence-electron chi connectivity index (χ3n) is 5.09. The number of rotatable bonds is 5. The molecular formula is C22H24N2O5S2. The molecule has 1 aliphatic rings. The zero-order valence-corrected chi connectivity index (χ0v) is 19.5. The third kappa shape index (κ3) is 4.35. The first kappa shape index (κ1) is 21.9. The first-order valence-corrected chi connectivity index (χ1v) is 11.8. The molecule has 0 aliphatic carbocycles. The highest BCUT2D eigenvalue weighted by molar-refractivity contribution is 8.12. The molecule has 7 nitrogen and oxygen atoms in total. The van der Waals surface area contributed by atoms with E-state index < -0.39 is 5.30 Å². The number of carbonyl (C=O) groups excluding carboxylic acids is 1.